The van der Waals surface area contributed by atoms with Crippen molar-refractivity contribution in [3.63, 3.8) is 0 Å². The smallest absolute Gasteiger partial charge is 0.335 e. The van der Waals surface area contributed by atoms with E-state index < -0.39 is 18.2 Å². The molecule has 4 rings (SSSR count). The van der Waals surface area contributed by atoms with Gasteiger partial charge in [-0.15, -0.1) is 6.58 Å². The molecule has 0 heterocycles. The molecule has 0 aliphatic heterocycles. The summed E-state index contributed by atoms with van der Waals surface area (Å²) in [7, 11) is 0. The zero-order chi connectivity index (χ0) is 39.2. The number of nitrogens with zero attached hydrogens (tertiary/aromatic N) is 6. The number of hydrogen-bond acceptors (Lipinski definition) is 7. The molecule has 12 heteroatoms. The van der Waals surface area contributed by atoms with Crippen LogP contribution in [0.2, 0.25) is 0 Å². The van der Waals surface area contributed by atoms with Crippen LogP contribution in [-0.2, 0) is 50.2 Å². The van der Waals surface area contributed by atoms with Gasteiger partial charge in [-0.25, -0.2) is 4.79 Å². The standard InChI is InChI=1S/C19H21N3O2.C18H19N3O4.C5H10.CH4/c1-2-18(23-14-16-9-5-3-6-10-16)19(13-21-22-20)24-15-17-11-7-4-8-12-17;19-21-20-11-16(24-12-14-7-3-1-4-8-14)17(18(22)23)25-13-15-9-5-2-6-10-15;1-4-5(2)3;/h2-12,18-19H,1,13-15H2;1-10,16-17H,11-13H2,(H,22,23);4H,1-3H3;1H4/t18-,19+;16-,17-;;/m10../s1. The largest absolute Gasteiger partial charge is 0.479 e. The fourth-order valence-corrected chi connectivity index (χ4v) is 4.47. The molecule has 0 fully saturated rings. The van der Waals surface area contributed by atoms with E-state index in [1.54, 1.807) is 6.08 Å². The molecule has 0 unspecified atom stereocenters. The average Bonchev–Trinajstić information content (AvgIpc) is 3.21. The van der Waals surface area contributed by atoms with Crippen molar-refractivity contribution < 1.29 is 28.8 Å². The molecule has 0 aromatic heterocycles. The number of hydrogen-bond donors (Lipinski definition) is 1. The van der Waals surface area contributed by atoms with E-state index >= 15 is 0 Å². The van der Waals surface area contributed by atoms with Gasteiger partial charge in [-0.2, -0.15) is 0 Å². The summed E-state index contributed by atoms with van der Waals surface area (Å²) in [6.07, 6.45) is 0.888. The van der Waals surface area contributed by atoms with Crippen molar-refractivity contribution >= 4 is 5.97 Å². The first kappa shape index (κ1) is 47.3. The van der Waals surface area contributed by atoms with Crippen LogP contribution in [0.5, 0.6) is 0 Å². The number of benzene rings is 4. The number of carbonyl (C=O) groups is 1. The van der Waals surface area contributed by atoms with Crippen molar-refractivity contribution in [3.05, 3.63) is 189 Å². The second-order valence-corrected chi connectivity index (χ2v) is 11.9. The highest BCUT2D eigenvalue weighted by molar-refractivity contribution is 5.73. The van der Waals surface area contributed by atoms with Crippen LogP contribution in [0, 0.1) is 0 Å². The normalized spacial score (nSPS) is 12.1. The highest BCUT2D eigenvalue weighted by atomic mass is 16.6. The number of azide groups is 2. The monoisotopic (exact) mass is 750 g/mol. The highest BCUT2D eigenvalue weighted by Crippen LogP contribution is 2.15. The van der Waals surface area contributed by atoms with Gasteiger partial charge in [0.15, 0.2) is 6.10 Å². The van der Waals surface area contributed by atoms with E-state index in [-0.39, 0.29) is 45.9 Å². The lowest BCUT2D eigenvalue weighted by Crippen LogP contribution is -2.40. The number of carboxylic acids is 1. The van der Waals surface area contributed by atoms with Crippen LogP contribution < -0.4 is 0 Å². The fraction of sp³-hybridized carbons (Fsp3) is 0.326. The Labute approximate surface area is 325 Å². The lowest BCUT2D eigenvalue weighted by Gasteiger charge is -2.24. The van der Waals surface area contributed by atoms with Gasteiger partial charge < -0.3 is 24.1 Å². The minimum atomic E-state index is -1.24. The molecule has 4 atom stereocenters. The molecule has 0 bridgehead atoms. The van der Waals surface area contributed by atoms with E-state index in [0.29, 0.717) is 13.2 Å². The third-order valence-electron chi connectivity index (χ3n) is 7.58. The molecule has 1 N–H and O–H groups in total. The van der Waals surface area contributed by atoms with E-state index in [2.05, 4.69) is 46.6 Å². The zero-order valence-corrected chi connectivity index (χ0v) is 31.1. The summed E-state index contributed by atoms with van der Waals surface area (Å²) in [5.74, 6) is -1.16. The number of ether oxygens (including phenoxy) is 4. The van der Waals surface area contributed by atoms with Gasteiger partial charge in [0.25, 0.3) is 0 Å². The van der Waals surface area contributed by atoms with Crippen molar-refractivity contribution in [1.29, 1.82) is 0 Å². The molecule has 0 amide bonds. The Morgan fingerprint density at radius 2 is 0.982 bits per heavy atom. The molecule has 0 aliphatic carbocycles. The van der Waals surface area contributed by atoms with Crippen LogP contribution >= 0.6 is 0 Å². The van der Waals surface area contributed by atoms with Gasteiger partial charge >= 0.3 is 5.97 Å². The Hall–Kier alpha value is -5.71. The molecule has 0 saturated heterocycles. The number of allylic oxidation sites excluding steroid dienone is 2. The third-order valence-corrected chi connectivity index (χ3v) is 7.58. The summed E-state index contributed by atoms with van der Waals surface area (Å²) in [6, 6.07) is 38.3. The Balaban J connectivity index is 0.000000482. The summed E-state index contributed by atoms with van der Waals surface area (Å²) < 4.78 is 23.0. The average molecular weight is 751 g/mol. The van der Waals surface area contributed by atoms with Crippen LogP contribution in [0.1, 0.15) is 50.5 Å². The van der Waals surface area contributed by atoms with Crippen LogP contribution in [0.3, 0.4) is 0 Å². The van der Waals surface area contributed by atoms with E-state index in [1.165, 1.54) is 5.57 Å². The molecule has 4 aromatic rings. The second kappa shape index (κ2) is 29.7. The molecule has 0 saturated carbocycles. The van der Waals surface area contributed by atoms with E-state index in [0.717, 1.165) is 22.3 Å². The number of aliphatic carboxylic acids is 1. The van der Waals surface area contributed by atoms with Crippen molar-refractivity contribution in [2.24, 2.45) is 10.2 Å². The molecule has 292 valence electrons. The van der Waals surface area contributed by atoms with Gasteiger partial charge in [0.05, 0.1) is 45.6 Å². The number of carboxylic acid groups (broad SMARTS) is 1. The predicted molar refractivity (Wildman–Crippen MR) is 218 cm³/mol. The van der Waals surface area contributed by atoms with E-state index in [9.17, 15) is 9.90 Å². The Morgan fingerprint density at radius 1 is 0.655 bits per heavy atom. The fourth-order valence-electron chi connectivity index (χ4n) is 4.47. The first-order chi connectivity index (χ1) is 26.3. The molecule has 0 spiro atoms. The molecule has 0 aliphatic rings. The lowest BCUT2D eigenvalue weighted by molar-refractivity contribution is -0.163. The van der Waals surface area contributed by atoms with E-state index in [4.69, 9.17) is 30.0 Å². The van der Waals surface area contributed by atoms with Gasteiger partial charge in [0.1, 0.15) is 12.2 Å². The van der Waals surface area contributed by atoms with Crippen LogP contribution in [0.4, 0.5) is 0 Å². The summed E-state index contributed by atoms with van der Waals surface area (Å²) >= 11 is 0. The van der Waals surface area contributed by atoms with Crippen LogP contribution in [0.15, 0.2) is 156 Å². The lowest BCUT2D eigenvalue weighted by atomic mass is 10.2. The van der Waals surface area contributed by atoms with Gasteiger partial charge in [-0.05, 0) is 54.1 Å². The first-order valence-corrected chi connectivity index (χ1v) is 17.4. The molecule has 4 aromatic carbocycles. The van der Waals surface area contributed by atoms with Crippen LogP contribution in [-0.4, -0.2) is 48.6 Å². The maximum Gasteiger partial charge on any atom is 0.335 e. The van der Waals surface area contributed by atoms with E-state index in [1.807, 2.05) is 128 Å². The van der Waals surface area contributed by atoms with Crippen molar-refractivity contribution in [1.82, 2.24) is 0 Å². The first-order valence-electron chi connectivity index (χ1n) is 17.4. The SMILES string of the molecule is C.C=C[C@@H](OCc1ccccc1)[C@H](CN=[N+]=[N-])OCc1ccccc1.CC=C(C)C.[N-]=[N+]=NC[C@H](OCc1ccccc1)[C@H](OCc1ccccc1)C(=O)O. The zero-order valence-electron chi connectivity index (χ0n) is 31.1. The van der Waals surface area contributed by atoms with Gasteiger partial charge in [-0.3, -0.25) is 0 Å². The second-order valence-electron chi connectivity index (χ2n) is 11.9. The molecule has 12 nitrogen and oxygen atoms in total. The minimum Gasteiger partial charge on any atom is -0.479 e. The van der Waals surface area contributed by atoms with Gasteiger partial charge in [0, 0.05) is 9.82 Å². The van der Waals surface area contributed by atoms with Gasteiger partial charge in [0.2, 0.25) is 0 Å². The summed E-state index contributed by atoms with van der Waals surface area (Å²) in [6.45, 7) is 11.3. The topological polar surface area (TPSA) is 172 Å². The summed E-state index contributed by atoms with van der Waals surface area (Å²) in [4.78, 5) is 17.1. The predicted octanol–water partition coefficient (Wildman–Crippen LogP) is 10.8. The van der Waals surface area contributed by atoms with Crippen molar-refractivity contribution in [3.8, 4) is 0 Å². The molecule has 0 radical (unpaired) electrons. The van der Waals surface area contributed by atoms with Gasteiger partial charge in [-0.1, -0.05) is 157 Å². The summed E-state index contributed by atoms with van der Waals surface area (Å²) in [5.41, 5.74) is 22.4. The van der Waals surface area contributed by atoms with Crippen LogP contribution in [0.25, 0.3) is 20.9 Å². The third kappa shape index (κ3) is 20.9. The Bertz CT molecular complexity index is 1730. The Kier molecular flexibility index (Phi) is 25.6. The summed E-state index contributed by atoms with van der Waals surface area (Å²) in [5, 5.41) is 16.6. The maximum absolute atomic E-state index is 11.6. The van der Waals surface area contributed by atoms with Crippen molar-refractivity contribution in [2.75, 3.05) is 13.1 Å². The quantitative estimate of drug-likeness (QED) is 0.0407. The minimum absolute atomic E-state index is 0. The molecule has 55 heavy (non-hydrogen) atoms. The highest BCUT2D eigenvalue weighted by Gasteiger charge is 2.30. The molecular formula is C43H54N6O6. The van der Waals surface area contributed by atoms with Crippen molar-refractivity contribution in [2.45, 2.75) is 79.0 Å². The number of rotatable bonds is 20. The molecular weight excluding hydrogens is 697 g/mol. The Morgan fingerprint density at radius 3 is 1.31 bits per heavy atom. The maximum atomic E-state index is 11.6.